The average molecular weight is 235 g/mol. The first-order valence-electron chi connectivity index (χ1n) is 5.88. The molecule has 1 aliphatic heterocycles. The van der Waals surface area contributed by atoms with Crippen molar-refractivity contribution in [2.75, 3.05) is 13.1 Å². The van der Waals surface area contributed by atoms with Crippen LogP contribution in [0.1, 0.15) is 35.2 Å². The van der Waals surface area contributed by atoms with Gasteiger partial charge in [-0.2, -0.15) is 0 Å². The molecule has 0 N–H and O–H groups in total. The zero-order valence-electron chi connectivity index (χ0n) is 10.4. The van der Waals surface area contributed by atoms with E-state index in [-0.39, 0.29) is 17.6 Å². The van der Waals surface area contributed by atoms with Crippen LogP contribution in [0, 0.1) is 19.8 Å². The van der Waals surface area contributed by atoms with E-state index in [0.29, 0.717) is 30.8 Å². The third-order valence-corrected chi connectivity index (χ3v) is 3.23. The third-order valence-electron chi connectivity index (χ3n) is 3.23. The maximum Gasteiger partial charge on any atom is 0.257 e. The predicted molar refractivity (Wildman–Crippen MR) is 62.9 cm³/mol. The van der Waals surface area contributed by atoms with Crippen LogP contribution >= 0.6 is 0 Å². The second kappa shape index (κ2) is 4.35. The number of likely N-dealkylation sites (tertiary alicyclic amines) is 1. The number of hydrogen-bond donors (Lipinski definition) is 0. The fraction of sp³-hybridized carbons (Fsp3) is 0.538. The van der Waals surface area contributed by atoms with Crippen LogP contribution < -0.4 is 0 Å². The van der Waals surface area contributed by atoms with Gasteiger partial charge >= 0.3 is 0 Å². The Hall–Kier alpha value is -1.58. The molecular weight excluding hydrogens is 218 g/mol. The molecule has 1 atom stereocenters. The molecule has 0 radical (unpaired) electrons. The summed E-state index contributed by atoms with van der Waals surface area (Å²) >= 11 is 0. The molecule has 1 fully saturated rings. The molecule has 0 bridgehead atoms. The Labute approximate surface area is 101 Å². The minimum Gasteiger partial charge on any atom is -0.466 e. The van der Waals surface area contributed by atoms with Crippen molar-refractivity contribution in [3.8, 4) is 0 Å². The van der Waals surface area contributed by atoms with E-state index in [1.54, 1.807) is 17.9 Å². The SMILES string of the molecule is Cc1cc(C(=O)N2CCC(=O)C(C)C2)c(C)o1. The molecule has 2 rings (SSSR count). The first-order valence-corrected chi connectivity index (χ1v) is 5.88. The third kappa shape index (κ3) is 2.25. The van der Waals surface area contributed by atoms with Crippen molar-refractivity contribution in [1.82, 2.24) is 4.90 Å². The molecule has 17 heavy (non-hydrogen) atoms. The second-order valence-corrected chi connectivity index (χ2v) is 4.70. The Kier molecular flexibility index (Phi) is 3.05. The Bertz CT molecular complexity index is 461. The fourth-order valence-electron chi connectivity index (χ4n) is 2.21. The zero-order chi connectivity index (χ0) is 12.6. The van der Waals surface area contributed by atoms with Crippen molar-refractivity contribution in [3.05, 3.63) is 23.2 Å². The van der Waals surface area contributed by atoms with Crippen LogP contribution in [0.3, 0.4) is 0 Å². The van der Waals surface area contributed by atoms with Gasteiger partial charge in [-0.25, -0.2) is 0 Å². The number of rotatable bonds is 1. The second-order valence-electron chi connectivity index (χ2n) is 4.70. The number of nitrogens with zero attached hydrogens (tertiary/aromatic N) is 1. The fourth-order valence-corrected chi connectivity index (χ4v) is 2.21. The molecule has 1 aliphatic rings. The molecule has 0 aromatic carbocycles. The highest BCUT2D eigenvalue weighted by Gasteiger charge is 2.28. The van der Waals surface area contributed by atoms with Gasteiger partial charge in [-0.15, -0.1) is 0 Å². The minimum absolute atomic E-state index is 0.0290. The van der Waals surface area contributed by atoms with Crippen LogP contribution in [0.2, 0.25) is 0 Å². The van der Waals surface area contributed by atoms with E-state index < -0.39 is 0 Å². The maximum absolute atomic E-state index is 12.2. The van der Waals surface area contributed by atoms with E-state index in [1.807, 2.05) is 13.8 Å². The van der Waals surface area contributed by atoms with Crippen molar-refractivity contribution in [3.63, 3.8) is 0 Å². The first-order chi connectivity index (χ1) is 7.99. The molecule has 2 heterocycles. The van der Waals surface area contributed by atoms with Gasteiger partial charge in [-0.05, 0) is 19.9 Å². The number of amides is 1. The predicted octanol–water partition coefficient (Wildman–Crippen LogP) is 1.95. The topological polar surface area (TPSA) is 50.5 Å². The molecule has 4 heteroatoms. The van der Waals surface area contributed by atoms with Gasteiger partial charge in [0.05, 0.1) is 5.56 Å². The highest BCUT2D eigenvalue weighted by Crippen LogP contribution is 2.19. The number of furan rings is 1. The standard InChI is InChI=1S/C13H17NO3/c1-8-7-14(5-4-12(8)15)13(16)11-6-9(2)17-10(11)3/h6,8H,4-5,7H2,1-3H3. The summed E-state index contributed by atoms with van der Waals surface area (Å²) in [4.78, 5) is 25.4. The highest BCUT2D eigenvalue weighted by atomic mass is 16.3. The van der Waals surface area contributed by atoms with Gasteiger partial charge < -0.3 is 9.32 Å². The number of carbonyl (C=O) groups is 2. The molecule has 4 nitrogen and oxygen atoms in total. The molecule has 92 valence electrons. The molecule has 1 amide bonds. The summed E-state index contributed by atoms with van der Waals surface area (Å²) in [5.74, 6) is 1.55. The van der Waals surface area contributed by atoms with Crippen molar-refractivity contribution >= 4 is 11.7 Å². The summed E-state index contributed by atoms with van der Waals surface area (Å²) in [6, 6.07) is 1.76. The normalized spacial score (nSPS) is 20.8. The summed E-state index contributed by atoms with van der Waals surface area (Å²) in [5, 5.41) is 0. The maximum atomic E-state index is 12.2. The minimum atomic E-state index is -0.0546. The van der Waals surface area contributed by atoms with Crippen molar-refractivity contribution < 1.29 is 14.0 Å². The van der Waals surface area contributed by atoms with Crippen LogP contribution in [-0.2, 0) is 4.79 Å². The molecule has 0 spiro atoms. The number of piperidine rings is 1. The average Bonchev–Trinajstić information content (AvgIpc) is 2.61. The van der Waals surface area contributed by atoms with Gasteiger partial charge in [0.2, 0.25) is 0 Å². The Morgan fingerprint density at radius 1 is 1.47 bits per heavy atom. The quantitative estimate of drug-likeness (QED) is 0.747. The molecule has 1 unspecified atom stereocenters. The van der Waals surface area contributed by atoms with Gasteiger partial charge in [0, 0.05) is 25.4 Å². The number of aryl methyl sites for hydroxylation is 2. The lowest BCUT2D eigenvalue weighted by Crippen LogP contribution is -2.43. The first kappa shape index (κ1) is 11.9. The van der Waals surface area contributed by atoms with E-state index in [2.05, 4.69) is 0 Å². The van der Waals surface area contributed by atoms with E-state index in [4.69, 9.17) is 4.42 Å². The number of hydrogen-bond acceptors (Lipinski definition) is 3. The number of Topliss-reactive ketones (excluding diaryl/α,β-unsaturated/α-hetero) is 1. The van der Waals surface area contributed by atoms with Gasteiger partial charge in [0.15, 0.2) is 0 Å². The van der Waals surface area contributed by atoms with Crippen LogP contribution in [-0.4, -0.2) is 29.7 Å². The molecular formula is C13H17NO3. The van der Waals surface area contributed by atoms with E-state index >= 15 is 0 Å². The zero-order valence-corrected chi connectivity index (χ0v) is 10.4. The van der Waals surface area contributed by atoms with Gasteiger partial charge in [0.1, 0.15) is 17.3 Å². The van der Waals surface area contributed by atoms with Gasteiger partial charge in [0.25, 0.3) is 5.91 Å². The van der Waals surface area contributed by atoms with E-state index in [0.717, 1.165) is 5.76 Å². The van der Waals surface area contributed by atoms with Crippen LogP contribution in [0.25, 0.3) is 0 Å². The lowest BCUT2D eigenvalue weighted by atomic mass is 9.98. The summed E-state index contributed by atoms with van der Waals surface area (Å²) < 4.78 is 5.36. The van der Waals surface area contributed by atoms with E-state index in [9.17, 15) is 9.59 Å². The number of carbonyl (C=O) groups excluding carboxylic acids is 2. The Morgan fingerprint density at radius 3 is 2.71 bits per heavy atom. The molecule has 0 saturated carbocycles. The molecule has 1 aromatic rings. The molecule has 0 aliphatic carbocycles. The smallest absolute Gasteiger partial charge is 0.257 e. The highest BCUT2D eigenvalue weighted by molar-refractivity contribution is 5.96. The van der Waals surface area contributed by atoms with E-state index in [1.165, 1.54) is 0 Å². The van der Waals surface area contributed by atoms with Gasteiger partial charge in [-0.3, -0.25) is 9.59 Å². The number of ketones is 1. The summed E-state index contributed by atoms with van der Waals surface area (Å²) in [6.45, 7) is 6.52. The van der Waals surface area contributed by atoms with Crippen LogP contribution in [0.5, 0.6) is 0 Å². The molecule has 1 saturated heterocycles. The Balaban J connectivity index is 2.16. The Morgan fingerprint density at radius 2 is 2.18 bits per heavy atom. The van der Waals surface area contributed by atoms with Crippen LogP contribution in [0.4, 0.5) is 0 Å². The largest absolute Gasteiger partial charge is 0.466 e. The molecule has 1 aromatic heterocycles. The van der Waals surface area contributed by atoms with Crippen molar-refractivity contribution in [1.29, 1.82) is 0 Å². The van der Waals surface area contributed by atoms with Crippen LogP contribution in [0.15, 0.2) is 10.5 Å². The summed E-state index contributed by atoms with van der Waals surface area (Å²) in [7, 11) is 0. The lowest BCUT2D eigenvalue weighted by molar-refractivity contribution is -0.124. The van der Waals surface area contributed by atoms with Crippen molar-refractivity contribution in [2.45, 2.75) is 27.2 Å². The van der Waals surface area contributed by atoms with Gasteiger partial charge in [-0.1, -0.05) is 6.92 Å². The lowest BCUT2D eigenvalue weighted by Gasteiger charge is -2.29. The monoisotopic (exact) mass is 235 g/mol. The summed E-state index contributed by atoms with van der Waals surface area (Å²) in [5.41, 5.74) is 0.615. The van der Waals surface area contributed by atoms with Crippen molar-refractivity contribution in [2.24, 2.45) is 5.92 Å². The summed E-state index contributed by atoms with van der Waals surface area (Å²) in [6.07, 6.45) is 0.461.